The van der Waals surface area contributed by atoms with Crippen molar-refractivity contribution >= 4 is 38.5 Å². The highest BCUT2D eigenvalue weighted by molar-refractivity contribution is 7.22. The zero-order chi connectivity index (χ0) is 27.8. The predicted octanol–water partition coefficient (Wildman–Crippen LogP) is 3.33. The van der Waals surface area contributed by atoms with Crippen molar-refractivity contribution < 1.29 is 14.3 Å². The van der Waals surface area contributed by atoms with E-state index in [2.05, 4.69) is 35.9 Å². The maximum Gasteiger partial charge on any atom is 0.321 e. The Kier molecular flexibility index (Phi) is 9.25. The van der Waals surface area contributed by atoms with E-state index in [1.165, 1.54) is 11.3 Å². The molecule has 12 heteroatoms. The average molecular weight is 549 g/mol. The molecule has 204 valence electrons. The van der Waals surface area contributed by atoms with E-state index in [4.69, 9.17) is 10.5 Å². The molecule has 0 spiro atoms. The third-order valence-corrected chi connectivity index (χ3v) is 6.77. The lowest BCUT2D eigenvalue weighted by atomic mass is 10.0. The van der Waals surface area contributed by atoms with Crippen molar-refractivity contribution in [2.24, 2.45) is 5.73 Å². The van der Waals surface area contributed by atoms with Crippen molar-refractivity contribution in [3.05, 3.63) is 54.7 Å². The molecule has 0 aliphatic carbocycles. The fourth-order valence-electron chi connectivity index (χ4n) is 3.76. The van der Waals surface area contributed by atoms with Gasteiger partial charge in [0, 0.05) is 49.4 Å². The van der Waals surface area contributed by atoms with Crippen LogP contribution in [-0.2, 0) is 15.1 Å². The summed E-state index contributed by atoms with van der Waals surface area (Å²) in [6, 6.07) is 9.37. The van der Waals surface area contributed by atoms with Gasteiger partial charge in [-0.05, 0) is 50.6 Å². The van der Waals surface area contributed by atoms with Crippen LogP contribution in [0, 0.1) is 0 Å². The third-order valence-electron chi connectivity index (χ3n) is 5.75. The lowest BCUT2D eigenvalue weighted by molar-refractivity contribution is -0.129. The number of thiazole rings is 1. The monoisotopic (exact) mass is 548 g/mol. The Morgan fingerprint density at radius 2 is 1.90 bits per heavy atom. The number of carbonyl (C=O) groups is 2. The van der Waals surface area contributed by atoms with Crippen LogP contribution in [0.5, 0.6) is 0 Å². The molecule has 39 heavy (non-hydrogen) atoms. The normalized spacial score (nSPS) is 11.5. The van der Waals surface area contributed by atoms with Crippen LogP contribution in [0.2, 0.25) is 0 Å². The Hall–Kier alpha value is -3.84. The first kappa shape index (κ1) is 28.2. The summed E-state index contributed by atoms with van der Waals surface area (Å²) in [7, 11) is 0. The van der Waals surface area contributed by atoms with E-state index >= 15 is 0 Å². The summed E-state index contributed by atoms with van der Waals surface area (Å²) in [5, 5.41) is 8.96. The molecule has 3 heterocycles. The van der Waals surface area contributed by atoms with Crippen LogP contribution in [0.1, 0.15) is 26.6 Å². The highest BCUT2D eigenvalue weighted by Crippen LogP contribution is 2.38. The minimum Gasteiger partial charge on any atom is -0.360 e. The van der Waals surface area contributed by atoms with Gasteiger partial charge in [-0.15, -0.1) is 0 Å². The van der Waals surface area contributed by atoms with Crippen molar-refractivity contribution in [1.29, 1.82) is 0 Å². The van der Waals surface area contributed by atoms with Crippen molar-refractivity contribution in [3.63, 3.8) is 0 Å². The van der Waals surface area contributed by atoms with Crippen LogP contribution in [0.3, 0.4) is 0 Å². The second-order valence-electron chi connectivity index (χ2n) is 9.19. The molecule has 5 N–H and O–H groups in total. The quantitative estimate of drug-likeness (QED) is 0.195. The average Bonchev–Trinajstić information content (AvgIpc) is 3.34. The summed E-state index contributed by atoms with van der Waals surface area (Å²) in [5.74, 6) is 0.384. The number of anilines is 1. The number of amides is 2. The van der Waals surface area contributed by atoms with E-state index in [0.717, 1.165) is 32.6 Å². The van der Waals surface area contributed by atoms with Gasteiger partial charge in [-0.25, -0.2) is 19.7 Å². The number of ketones is 1. The van der Waals surface area contributed by atoms with Crippen LogP contribution >= 0.6 is 11.3 Å². The molecule has 0 unspecified atom stereocenters. The van der Waals surface area contributed by atoms with Crippen molar-refractivity contribution in [3.8, 4) is 22.4 Å². The Balaban J connectivity index is 1.60. The molecule has 0 bridgehead atoms. The van der Waals surface area contributed by atoms with Gasteiger partial charge in [-0.2, -0.15) is 0 Å². The van der Waals surface area contributed by atoms with E-state index in [0.29, 0.717) is 30.6 Å². The van der Waals surface area contributed by atoms with Gasteiger partial charge < -0.3 is 21.1 Å². The number of nitrogens with one attached hydrogen (secondary N) is 3. The van der Waals surface area contributed by atoms with E-state index in [1.54, 1.807) is 18.6 Å². The smallest absolute Gasteiger partial charge is 0.321 e. The van der Waals surface area contributed by atoms with Crippen LogP contribution in [0.25, 0.3) is 32.6 Å². The number of hydrogen-bond donors (Lipinski definition) is 4. The fourth-order valence-corrected chi connectivity index (χ4v) is 4.73. The zero-order valence-corrected chi connectivity index (χ0v) is 23.0. The van der Waals surface area contributed by atoms with E-state index in [-0.39, 0.29) is 25.0 Å². The number of nitrogens with zero attached hydrogens (tertiary/aromatic N) is 4. The molecule has 1 aromatic carbocycles. The number of hydrogen-bond acceptors (Lipinski definition) is 10. The SMILES string of the molecule is CCNC(=O)Nc1nc2cc(-c3cnc(C(C)(C)OCC(=O)CNCCN)nc3)cc(-c3ccccn3)c2s1. The summed E-state index contributed by atoms with van der Waals surface area (Å²) >= 11 is 1.39. The number of Topliss-reactive ketones (excluding diaryl/α,β-unsaturated/α-hetero) is 1. The second-order valence-corrected chi connectivity index (χ2v) is 10.2. The summed E-state index contributed by atoms with van der Waals surface area (Å²) in [5.41, 5.74) is 8.60. The molecule has 2 amide bonds. The molecule has 0 atom stereocenters. The number of pyridine rings is 1. The highest BCUT2D eigenvalue weighted by Gasteiger charge is 2.26. The maximum atomic E-state index is 12.1. The summed E-state index contributed by atoms with van der Waals surface area (Å²) in [4.78, 5) is 42.4. The van der Waals surface area contributed by atoms with Gasteiger partial charge in [0.1, 0.15) is 12.2 Å². The number of rotatable bonds is 12. The lowest BCUT2D eigenvalue weighted by Gasteiger charge is -2.23. The molecule has 11 nitrogen and oxygen atoms in total. The van der Waals surface area contributed by atoms with Gasteiger partial charge in [-0.1, -0.05) is 17.4 Å². The summed E-state index contributed by atoms with van der Waals surface area (Å²) < 4.78 is 6.74. The first-order valence-electron chi connectivity index (χ1n) is 12.6. The predicted molar refractivity (Wildman–Crippen MR) is 152 cm³/mol. The van der Waals surface area contributed by atoms with Crippen LogP contribution in [0.4, 0.5) is 9.93 Å². The largest absolute Gasteiger partial charge is 0.360 e. The van der Waals surface area contributed by atoms with Gasteiger partial charge in [-0.3, -0.25) is 15.1 Å². The van der Waals surface area contributed by atoms with Gasteiger partial charge in [0.25, 0.3) is 0 Å². The molecule has 0 saturated carbocycles. The summed E-state index contributed by atoms with van der Waals surface area (Å²) in [6.45, 7) is 7.19. The highest BCUT2D eigenvalue weighted by atomic mass is 32.1. The van der Waals surface area contributed by atoms with Gasteiger partial charge in [0.15, 0.2) is 16.7 Å². The minimum absolute atomic E-state index is 0.0593. The van der Waals surface area contributed by atoms with Crippen molar-refractivity contribution in [2.75, 3.05) is 38.1 Å². The number of ether oxygens (including phenoxy) is 1. The number of nitrogens with two attached hydrogens (primary N) is 1. The van der Waals surface area contributed by atoms with E-state index in [1.807, 2.05) is 51.1 Å². The minimum atomic E-state index is -0.861. The van der Waals surface area contributed by atoms with Crippen molar-refractivity contribution in [2.45, 2.75) is 26.4 Å². The van der Waals surface area contributed by atoms with Gasteiger partial charge in [0.05, 0.1) is 22.5 Å². The standard InChI is InChI=1S/C27H32N8O3S/c1-4-30-25(37)35-26-34-22-12-17(11-20(23(22)39-26)21-7-5-6-9-31-21)18-13-32-24(33-14-18)27(2,3)38-16-19(36)15-29-10-8-28/h5-7,9,11-14,29H,4,8,10,15-16,28H2,1-3H3,(H2,30,34,35,37). The van der Waals surface area contributed by atoms with Gasteiger partial charge in [0.2, 0.25) is 0 Å². The molecule has 0 fully saturated rings. The van der Waals surface area contributed by atoms with Gasteiger partial charge >= 0.3 is 6.03 Å². The molecular weight excluding hydrogens is 516 g/mol. The molecule has 0 saturated heterocycles. The van der Waals surface area contributed by atoms with E-state index in [9.17, 15) is 9.59 Å². The first-order chi connectivity index (χ1) is 18.8. The number of aromatic nitrogens is 4. The topological polar surface area (TPSA) is 157 Å². The fraction of sp³-hybridized carbons (Fsp3) is 0.333. The molecule has 3 aromatic heterocycles. The Morgan fingerprint density at radius 3 is 2.59 bits per heavy atom. The zero-order valence-electron chi connectivity index (χ0n) is 22.2. The Morgan fingerprint density at radius 1 is 1.10 bits per heavy atom. The van der Waals surface area contributed by atoms with Crippen LogP contribution in [-0.4, -0.2) is 64.5 Å². The molecule has 0 aliphatic heterocycles. The molecule has 0 radical (unpaired) electrons. The molecule has 4 aromatic rings. The van der Waals surface area contributed by atoms with Crippen LogP contribution < -0.4 is 21.7 Å². The number of carbonyl (C=O) groups excluding carboxylic acids is 2. The Bertz CT molecular complexity index is 1420. The van der Waals surface area contributed by atoms with E-state index < -0.39 is 5.60 Å². The van der Waals surface area contributed by atoms with Crippen molar-refractivity contribution in [1.82, 2.24) is 30.6 Å². The lowest BCUT2D eigenvalue weighted by Crippen LogP contribution is -2.33. The first-order valence-corrected chi connectivity index (χ1v) is 13.4. The number of urea groups is 1. The molecule has 4 rings (SSSR count). The summed E-state index contributed by atoms with van der Waals surface area (Å²) in [6.07, 6.45) is 5.19. The Labute approximate surface area is 230 Å². The number of fused-ring (bicyclic) bond motifs is 1. The number of benzene rings is 1. The molecule has 0 aliphatic rings. The second kappa shape index (κ2) is 12.8. The molecular formula is C27H32N8O3S. The van der Waals surface area contributed by atoms with Crippen LogP contribution in [0.15, 0.2) is 48.9 Å². The maximum absolute atomic E-state index is 12.1. The third kappa shape index (κ3) is 7.18.